The smallest absolute Gasteiger partial charge is 0.389 e. The Morgan fingerprint density at radius 1 is 1.38 bits per heavy atom. The molecular weight excluding hydrogens is 345 g/mol. The molecule has 1 heterocycles. The van der Waals surface area contributed by atoms with Gasteiger partial charge in [0.2, 0.25) is 5.91 Å². The summed E-state index contributed by atoms with van der Waals surface area (Å²) in [6, 6.07) is 7.35. The lowest BCUT2D eigenvalue weighted by atomic mass is 9.94. The molecule has 1 N–H and O–H groups in total. The molecule has 136 valence electrons. The highest BCUT2D eigenvalue weighted by molar-refractivity contribution is 5.85. The second-order valence-electron chi connectivity index (χ2n) is 5.89. The number of carbonyl (C=O) groups excluding carboxylic acids is 1. The van der Waals surface area contributed by atoms with Crippen LogP contribution in [0.4, 0.5) is 13.2 Å². The van der Waals surface area contributed by atoms with Gasteiger partial charge in [-0.25, -0.2) is 0 Å². The molecule has 1 aliphatic rings. The van der Waals surface area contributed by atoms with E-state index in [1.165, 1.54) is 0 Å². The van der Waals surface area contributed by atoms with Crippen molar-refractivity contribution >= 4 is 18.3 Å². The van der Waals surface area contributed by atoms with E-state index in [1.807, 2.05) is 31.3 Å². The van der Waals surface area contributed by atoms with Gasteiger partial charge in [-0.2, -0.15) is 13.2 Å². The lowest BCUT2D eigenvalue weighted by Gasteiger charge is -2.21. The molecule has 0 aliphatic carbocycles. The zero-order chi connectivity index (χ0) is 17.0. The topological polar surface area (TPSA) is 41.6 Å². The van der Waals surface area contributed by atoms with Crippen molar-refractivity contribution in [1.82, 2.24) is 10.2 Å². The Kier molecular flexibility index (Phi) is 7.35. The van der Waals surface area contributed by atoms with Gasteiger partial charge in [0.1, 0.15) is 5.75 Å². The van der Waals surface area contributed by atoms with Crippen LogP contribution in [-0.4, -0.2) is 50.3 Å². The van der Waals surface area contributed by atoms with Crippen LogP contribution in [-0.2, 0) is 4.79 Å². The first-order valence-corrected chi connectivity index (χ1v) is 7.47. The van der Waals surface area contributed by atoms with Crippen molar-refractivity contribution in [1.29, 1.82) is 0 Å². The van der Waals surface area contributed by atoms with Crippen LogP contribution in [0.2, 0.25) is 0 Å². The van der Waals surface area contributed by atoms with Gasteiger partial charge in [-0.15, -0.1) is 12.4 Å². The molecule has 1 aliphatic heterocycles. The number of likely N-dealkylation sites (tertiary alicyclic amines) is 1. The third-order valence-electron chi connectivity index (χ3n) is 4.01. The molecule has 1 saturated heterocycles. The second kappa shape index (κ2) is 8.58. The largest absolute Gasteiger partial charge is 0.497 e. The molecule has 0 unspecified atom stereocenters. The van der Waals surface area contributed by atoms with Crippen molar-refractivity contribution < 1.29 is 22.7 Å². The first kappa shape index (κ1) is 20.6. The lowest BCUT2D eigenvalue weighted by Crippen LogP contribution is -2.39. The molecular formula is C16H22ClF3N2O2. The van der Waals surface area contributed by atoms with Gasteiger partial charge in [0.15, 0.2) is 0 Å². The first-order chi connectivity index (χ1) is 10.8. The minimum atomic E-state index is -4.31. The van der Waals surface area contributed by atoms with Crippen LogP contribution in [0.3, 0.4) is 0 Å². The number of nitrogens with zero attached hydrogens (tertiary/aromatic N) is 1. The molecule has 0 bridgehead atoms. The molecule has 2 rings (SSSR count). The quantitative estimate of drug-likeness (QED) is 0.871. The molecule has 0 aromatic heterocycles. The predicted octanol–water partition coefficient (Wildman–Crippen LogP) is 2.97. The fourth-order valence-corrected chi connectivity index (χ4v) is 2.89. The van der Waals surface area contributed by atoms with Crippen molar-refractivity contribution in [3.8, 4) is 5.75 Å². The second-order valence-corrected chi connectivity index (χ2v) is 5.89. The average molecular weight is 367 g/mol. The fourth-order valence-electron chi connectivity index (χ4n) is 2.89. The fraction of sp³-hybridized carbons (Fsp3) is 0.562. The summed E-state index contributed by atoms with van der Waals surface area (Å²) in [5.41, 5.74) is 1.01. The molecule has 1 aromatic rings. The maximum absolute atomic E-state index is 12.2. The Balaban J connectivity index is 0.00000288. The van der Waals surface area contributed by atoms with Gasteiger partial charge in [0.05, 0.1) is 13.5 Å². The number of halogens is 4. The number of amides is 1. The van der Waals surface area contributed by atoms with E-state index >= 15 is 0 Å². The Labute approximate surface area is 145 Å². The highest BCUT2D eigenvalue weighted by Gasteiger charge is 2.34. The van der Waals surface area contributed by atoms with E-state index < -0.39 is 24.9 Å². The Morgan fingerprint density at radius 2 is 2.08 bits per heavy atom. The molecule has 0 saturated carbocycles. The number of carbonyl (C=O) groups is 1. The number of likely N-dealkylation sites (N-methyl/N-ethyl adjacent to an activating group) is 1. The Hall–Kier alpha value is -1.47. The van der Waals surface area contributed by atoms with Gasteiger partial charge >= 0.3 is 6.18 Å². The van der Waals surface area contributed by atoms with E-state index in [0.29, 0.717) is 6.54 Å². The number of rotatable bonds is 5. The summed E-state index contributed by atoms with van der Waals surface area (Å²) < 4.78 is 41.9. The number of methoxy groups -OCH3 is 1. The molecule has 0 radical (unpaired) electrons. The van der Waals surface area contributed by atoms with Crippen LogP contribution < -0.4 is 10.1 Å². The molecule has 2 atom stereocenters. The van der Waals surface area contributed by atoms with Crippen LogP contribution in [0.15, 0.2) is 24.3 Å². The highest BCUT2D eigenvalue weighted by Crippen LogP contribution is 2.29. The number of benzene rings is 1. The minimum Gasteiger partial charge on any atom is -0.497 e. The summed E-state index contributed by atoms with van der Waals surface area (Å²) in [5, 5.41) is 2.75. The van der Waals surface area contributed by atoms with E-state index in [4.69, 9.17) is 4.74 Å². The van der Waals surface area contributed by atoms with E-state index in [9.17, 15) is 18.0 Å². The van der Waals surface area contributed by atoms with Crippen LogP contribution in [0.25, 0.3) is 0 Å². The van der Waals surface area contributed by atoms with Crippen LogP contribution in [0.1, 0.15) is 24.3 Å². The SMILES string of the molecule is COc1cccc([C@H]2CN(C)C[C@@H]2NC(=O)CCC(F)(F)F)c1.Cl. The summed E-state index contributed by atoms with van der Waals surface area (Å²) in [6.07, 6.45) is -5.93. The van der Waals surface area contributed by atoms with Crippen molar-refractivity contribution in [2.75, 3.05) is 27.2 Å². The molecule has 1 aromatic carbocycles. The van der Waals surface area contributed by atoms with Gasteiger partial charge in [-0.05, 0) is 24.7 Å². The van der Waals surface area contributed by atoms with E-state index in [2.05, 4.69) is 10.2 Å². The Bertz CT molecular complexity index is 554. The van der Waals surface area contributed by atoms with Gasteiger partial charge < -0.3 is 15.0 Å². The zero-order valence-electron chi connectivity index (χ0n) is 13.6. The van der Waals surface area contributed by atoms with Crippen molar-refractivity contribution in [3.63, 3.8) is 0 Å². The summed E-state index contributed by atoms with van der Waals surface area (Å²) in [4.78, 5) is 13.9. The lowest BCUT2D eigenvalue weighted by molar-refractivity contribution is -0.144. The Morgan fingerprint density at radius 3 is 2.71 bits per heavy atom. The molecule has 0 spiro atoms. The normalized spacial score (nSPS) is 21.2. The van der Waals surface area contributed by atoms with E-state index in [-0.39, 0.29) is 24.4 Å². The van der Waals surface area contributed by atoms with E-state index in [0.717, 1.165) is 17.9 Å². The monoisotopic (exact) mass is 366 g/mol. The number of hydrogen-bond donors (Lipinski definition) is 1. The van der Waals surface area contributed by atoms with Gasteiger partial charge in [-0.3, -0.25) is 4.79 Å². The molecule has 1 amide bonds. The summed E-state index contributed by atoms with van der Waals surface area (Å²) in [6.45, 7) is 1.34. The van der Waals surface area contributed by atoms with Crippen molar-refractivity contribution in [2.24, 2.45) is 0 Å². The third-order valence-corrected chi connectivity index (χ3v) is 4.01. The van der Waals surface area contributed by atoms with Gasteiger partial charge in [-0.1, -0.05) is 12.1 Å². The van der Waals surface area contributed by atoms with Crippen LogP contribution in [0, 0.1) is 0 Å². The van der Waals surface area contributed by atoms with E-state index in [1.54, 1.807) is 7.11 Å². The summed E-state index contributed by atoms with van der Waals surface area (Å²) in [5.74, 6) is 0.194. The van der Waals surface area contributed by atoms with Crippen LogP contribution in [0.5, 0.6) is 5.75 Å². The molecule has 1 fully saturated rings. The molecule has 24 heavy (non-hydrogen) atoms. The zero-order valence-corrected chi connectivity index (χ0v) is 14.4. The van der Waals surface area contributed by atoms with Crippen LogP contribution >= 0.6 is 12.4 Å². The van der Waals surface area contributed by atoms with Crippen molar-refractivity contribution in [3.05, 3.63) is 29.8 Å². The third kappa shape index (κ3) is 5.87. The molecule has 8 heteroatoms. The summed E-state index contributed by atoms with van der Waals surface area (Å²) in [7, 11) is 3.51. The van der Waals surface area contributed by atoms with Crippen molar-refractivity contribution in [2.45, 2.75) is 31.0 Å². The average Bonchev–Trinajstić information content (AvgIpc) is 2.85. The standard InChI is InChI=1S/C16H21F3N2O2.ClH/c1-21-9-13(11-4-3-5-12(8-11)23-2)14(10-21)20-15(22)6-7-16(17,18)19;/h3-5,8,13-14H,6-7,9-10H2,1-2H3,(H,20,22);1H/t13-,14+;/m1./s1. The number of alkyl halides is 3. The highest BCUT2D eigenvalue weighted by atomic mass is 35.5. The number of ether oxygens (including phenoxy) is 1. The molecule has 4 nitrogen and oxygen atoms in total. The maximum Gasteiger partial charge on any atom is 0.389 e. The van der Waals surface area contributed by atoms with Gasteiger partial charge in [0, 0.05) is 31.5 Å². The maximum atomic E-state index is 12.2. The first-order valence-electron chi connectivity index (χ1n) is 7.47. The predicted molar refractivity (Wildman–Crippen MR) is 87.7 cm³/mol. The summed E-state index contributed by atoms with van der Waals surface area (Å²) >= 11 is 0. The van der Waals surface area contributed by atoms with Gasteiger partial charge in [0.25, 0.3) is 0 Å². The number of nitrogens with one attached hydrogen (secondary N) is 1. The number of hydrogen-bond acceptors (Lipinski definition) is 3. The minimum absolute atomic E-state index is 0.